The number of carbonyl (C=O) groups is 1. The third kappa shape index (κ3) is 6.24. The molecule has 6 rings (SSSR count). The first-order chi connectivity index (χ1) is 20.7. The topological polar surface area (TPSA) is 159 Å². The number of phenols is 1. The number of aliphatic carboxylic acids is 1. The van der Waals surface area contributed by atoms with Gasteiger partial charge in [-0.1, -0.05) is 26.0 Å². The number of piperidine rings is 2. The molecule has 3 aromatic heterocycles. The Morgan fingerprint density at radius 1 is 1.02 bits per heavy atom. The highest BCUT2D eigenvalue weighted by molar-refractivity contribution is 5.87. The van der Waals surface area contributed by atoms with Crippen molar-refractivity contribution in [3.05, 3.63) is 48.3 Å². The minimum absolute atomic E-state index is 0.141. The second kappa shape index (κ2) is 11.8. The van der Waals surface area contributed by atoms with Crippen LogP contribution in [0.25, 0.3) is 22.3 Å². The number of carboxylic acid groups (broad SMARTS) is 1. The van der Waals surface area contributed by atoms with Gasteiger partial charge in [0.15, 0.2) is 11.3 Å². The van der Waals surface area contributed by atoms with Crippen LogP contribution in [-0.4, -0.2) is 83.8 Å². The molecule has 2 fully saturated rings. The number of nitrogens with two attached hydrogens (primary N) is 1. The molecule has 0 unspecified atom stereocenters. The lowest BCUT2D eigenvalue weighted by Gasteiger charge is -2.37. The van der Waals surface area contributed by atoms with E-state index in [0.717, 1.165) is 69.9 Å². The first-order valence-corrected chi connectivity index (χ1v) is 15.0. The monoisotopic (exact) mass is 585 g/mol. The number of fused-ring (bicyclic) bond motifs is 1. The van der Waals surface area contributed by atoms with E-state index in [1.54, 1.807) is 12.1 Å². The Balaban J connectivity index is 1.07. The summed E-state index contributed by atoms with van der Waals surface area (Å²) in [7, 11) is 0. The van der Waals surface area contributed by atoms with Crippen molar-refractivity contribution < 1.29 is 15.0 Å². The molecule has 4 N–H and O–H groups in total. The Bertz CT molecular complexity index is 1590. The summed E-state index contributed by atoms with van der Waals surface area (Å²) in [4.78, 5) is 25.3. The number of aromatic hydroxyl groups is 1. The molecule has 12 nitrogen and oxygen atoms in total. The minimum Gasteiger partial charge on any atom is -0.507 e. The molecule has 226 valence electrons. The van der Waals surface area contributed by atoms with Crippen LogP contribution >= 0.6 is 0 Å². The molecule has 12 heteroatoms. The number of para-hydroxylation sites is 1. The summed E-state index contributed by atoms with van der Waals surface area (Å²) in [6.07, 6.45) is 7.89. The van der Waals surface area contributed by atoms with Gasteiger partial charge in [-0.3, -0.25) is 9.48 Å². The molecule has 2 aliphatic heterocycles. The quantitative estimate of drug-likeness (QED) is 0.273. The lowest BCUT2D eigenvalue weighted by atomic mass is 9.86. The fourth-order valence-corrected chi connectivity index (χ4v) is 6.57. The third-order valence-corrected chi connectivity index (χ3v) is 8.75. The van der Waals surface area contributed by atoms with Crippen LogP contribution in [0, 0.1) is 5.41 Å². The molecule has 5 heterocycles. The number of benzene rings is 1. The first-order valence-electron chi connectivity index (χ1n) is 15.0. The van der Waals surface area contributed by atoms with Crippen LogP contribution in [0.15, 0.2) is 42.7 Å². The van der Waals surface area contributed by atoms with Gasteiger partial charge in [0.1, 0.15) is 5.75 Å². The normalized spacial score (nSPS) is 17.5. The maximum absolute atomic E-state index is 11.2. The van der Waals surface area contributed by atoms with Crippen molar-refractivity contribution in [3.63, 3.8) is 0 Å². The van der Waals surface area contributed by atoms with E-state index in [-0.39, 0.29) is 23.6 Å². The van der Waals surface area contributed by atoms with E-state index >= 15 is 0 Å². The summed E-state index contributed by atoms with van der Waals surface area (Å²) in [6, 6.07) is 9.12. The van der Waals surface area contributed by atoms with Crippen molar-refractivity contribution in [2.24, 2.45) is 5.41 Å². The van der Waals surface area contributed by atoms with Crippen LogP contribution in [-0.2, 0) is 4.79 Å². The van der Waals surface area contributed by atoms with Crippen LogP contribution in [0.5, 0.6) is 5.75 Å². The molecule has 0 spiro atoms. The fraction of sp³-hybridized carbons (Fsp3) is 0.484. The number of hydrogen-bond donors (Lipinski definition) is 3. The van der Waals surface area contributed by atoms with E-state index in [2.05, 4.69) is 25.1 Å². The van der Waals surface area contributed by atoms with Gasteiger partial charge < -0.3 is 25.7 Å². The maximum atomic E-state index is 11.2. The summed E-state index contributed by atoms with van der Waals surface area (Å²) < 4.78 is 1.96. The van der Waals surface area contributed by atoms with Crippen molar-refractivity contribution in [2.75, 3.05) is 43.4 Å². The van der Waals surface area contributed by atoms with E-state index in [0.29, 0.717) is 28.5 Å². The van der Waals surface area contributed by atoms with Gasteiger partial charge >= 0.3 is 5.97 Å². The fourth-order valence-electron chi connectivity index (χ4n) is 6.57. The molecule has 0 bridgehead atoms. The number of phenolic OH excluding ortho intramolecular Hbond substituents is 1. The predicted molar refractivity (Wildman–Crippen MR) is 164 cm³/mol. The van der Waals surface area contributed by atoms with E-state index in [1.807, 2.05) is 49.1 Å². The molecule has 0 atom stereocenters. The lowest BCUT2D eigenvalue weighted by Crippen LogP contribution is -2.40. The molecule has 4 aromatic rings. The van der Waals surface area contributed by atoms with Crippen molar-refractivity contribution >= 4 is 28.8 Å². The Morgan fingerprint density at radius 3 is 2.40 bits per heavy atom. The van der Waals surface area contributed by atoms with Crippen molar-refractivity contribution in [1.29, 1.82) is 0 Å². The van der Waals surface area contributed by atoms with Gasteiger partial charge in [-0.15, -0.1) is 10.2 Å². The summed E-state index contributed by atoms with van der Waals surface area (Å²) >= 11 is 0. The van der Waals surface area contributed by atoms with Crippen LogP contribution in [0.3, 0.4) is 0 Å². The average Bonchev–Trinajstić information content (AvgIpc) is 3.32. The Hall–Kier alpha value is -4.32. The highest BCUT2D eigenvalue weighted by atomic mass is 16.4. The smallest absolute Gasteiger partial charge is 0.303 e. The van der Waals surface area contributed by atoms with E-state index in [9.17, 15) is 15.0 Å². The Labute approximate surface area is 250 Å². The second-order valence-corrected chi connectivity index (χ2v) is 12.6. The number of likely N-dealkylation sites (tertiary alicyclic amines) is 1. The number of nitrogens with zero attached hydrogens (tertiary/aromatic N) is 8. The van der Waals surface area contributed by atoms with Gasteiger partial charge in [0.2, 0.25) is 5.95 Å². The van der Waals surface area contributed by atoms with Gasteiger partial charge in [-0.05, 0) is 73.9 Å². The largest absolute Gasteiger partial charge is 0.507 e. The van der Waals surface area contributed by atoms with Crippen molar-refractivity contribution in [1.82, 2.24) is 34.8 Å². The number of nitrogen functional groups attached to an aromatic ring is 1. The Kier molecular flexibility index (Phi) is 7.87. The van der Waals surface area contributed by atoms with Crippen LogP contribution in [0.4, 0.5) is 11.8 Å². The number of carboxylic acids is 1. The molecule has 1 aromatic carbocycles. The number of aromatic nitrogens is 6. The minimum atomic E-state index is -0.741. The van der Waals surface area contributed by atoms with Gasteiger partial charge in [0.25, 0.3) is 0 Å². The summed E-state index contributed by atoms with van der Waals surface area (Å²) in [5.41, 5.74) is 9.70. The molecule has 2 saturated heterocycles. The molecule has 0 aliphatic carbocycles. The Morgan fingerprint density at radius 2 is 1.72 bits per heavy atom. The van der Waals surface area contributed by atoms with E-state index < -0.39 is 5.97 Å². The number of anilines is 2. The zero-order valence-electron chi connectivity index (χ0n) is 24.7. The number of hydrogen-bond acceptors (Lipinski definition) is 10. The SMILES string of the molecule is CC(C)(CC(=O)O)CN1CCC(c2cnc(N3CCC(n4nc(N)c5nnc(-c6ccccc6O)cc54)CC3)nc2)CC1. The summed E-state index contributed by atoms with van der Waals surface area (Å²) in [6.45, 7) is 8.34. The predicted octanol–water partition coefficient (Wildman–Crippen LogP) is 4.09. The van der Waals surface area contributed by atoms with Gasteiger partial charge in [0, 0.05) is 37.6 Å². The highest BCUT2D eigenvalue weighted by Gasteiger charge is 2.29. The van der Waals surface area contributed by atoms with Gasteiger partial charge in [-0.2, -0.15) is 5.10 Å². The summed E-state index contributed by atoms with van der Waals surface area (Å²) in [5.74, 6) is 0.921. The summed E-state index contributed by atoms with van der Waals surface area (Å²) in [5, 5.41) is 32.7. The molecular weight excluding hydrogens is 546 g/mol. The molecular formula is C31H39N9O3. The standard InChI is InChI=1S/C31H39N9O3/c1-31(2,16-27(42)43)19-38-11-7-20(8-12-38)21-17-33-30(34-18-21)39-13-9-22(10-14-39)40-25-15-24(23-5-3-4-6-26(23)41)35-36-28(25)29(32)37-40/h3-6,15,17-18,20,22,41H,7-14,16,19H2,1-2H3,(H2,32,37)(H,42,43). The molecule has 0 amide bonds. The third-order valence-electron chi connectivity index (χ3n) is 8.75. The van der Waals surface area contributed by atoms with Crippen LogP contribution in [0.2, 0.25) is 0 Å². The van der Waals surface area contributed by atoms with Gasteiger partial charge in [-0.25, -0.2) is 9.97 Å². The lowest BCUT2D eigenvalue weighted by molar-refractivity contribution is -0.139. The van der Waals surface area contributed by atoms with Crippen molar-refractivity contribution in [2.45, 2.75) is 57.9 Å². The zero-order valence-corrected chi connectivity index (χ0v) is 24.7. The molecule has 43 heavy (non-hydrogen) atoms. The van der Waals surface area contributed by atoms with Gasteiger partial charge in [0.05, 0.1) is 23.7 Å². The van der Waals surface area contributed by atoms with Crippen LogP contribution in [0.1, 0.15) is 63.5 Å². The first kappa shape index (κ1) is 28.8. The molecule has 2 aliphatic rings. The van der Waals surface area contributed by atoms with E-state index in [1.165, 1.54) is 5.56 Å². The number of rotatable bonds is 8. The van der Waals surface area contributed by atoms with Crippen molar-refractivity contribution in [3.8, 4) is 17.0 Å². The highest BCUT2D eigenvalue weighted by Crippen LogP contribution is 2.34. The van der Waals surface area contributed by atoms with E-state index in [4.69, 9.17) is 15.7 Å². The zero-order chi connectivity index (χ0) is 30.1. The average molecular weight is 586 g/mol. The molecule has 0 radical (unpaired) electrons. The second-order valence-electron chi connectivity index (χ2n) is 12.6. The molecule has 0 saturated carbocycles. The van der Waals surface area contributed by atoms with Crippen LogP contribution < -0.4 is 10.6 Å². The maximum Gasteiger partial charge on any atom is 0.303 e.